The van der Waals surface area contributed by atoms with Gasteiger partial charge in [-0.15, -0.1) is 0 Å². The predicted molar refractivity (Wildman–Crippen MR) is 110 cm³/mol. The van der Waals surface area contributed by atoms with Gasteiger partial charge in [0.2, 0.25) is 0 Å². The highest BCUT2D eigenvalue weighted by Gasteiger charge is 2.54. The summed E-state index contributed by atoms with van der Waals surface area (Å²) in [7, 11) is 0. The van der Waals surface area contributed by atoms with E-state index < -0.39 is 0 Å². The number of hydrogen-bond acceptors (Lipinski definition) is 3. The van der Waals surface area contributed by atoms with Gasteiger partial charge in [-0.05, 0) is 41.0 Å². The molecule has 2 saturated heterocycles. The van der Waals surface area contributed by atoms with Crippen LogP contribution in [0.15, 0.2) is 12.1 Å². The fraction of sp³-hybridized carbons (Fsp3) is 0.750. The molecule has 2 aliphatic rings. The van der Waals surface area contributed by atoms with Gasteiger partial charge >= 0.3 is 0 Å². The maximum atomic E-state index is 10.1. The second-order valence-corrected chi connectivity index (χ2v) is 10.6. The SMILES string of the molecule is Cc1cc(C2OC(C(C)C)C2(C)C)c(CO)cc1C1OC(C(C)C)C1(C)C. The van der Waals surface area contributed by atoms with Crippen LogP contribution in [0.1, 0.15) is 89.9 Å². The van der Waals surface area contributed by atoms with Crippen LogP contribution >= 0.6 is 0 Å². The number of ether oxygens (including phenoxy) is 2. The molecule has 0 aliphatic carbocycles. The normalized spacial score (nSPS) is 31.7. The molecule has 4 unspecified atom stereocenters. The molecule has 3 nitrogen and oxygen atoms in total. The highest BCUT2D eigenvalue weighted by molar-refractivity contribution is 5.43. The van der Waals surface area contributed by atoms with Gasteiger partial charge in [0.1, 0.15) is 0 Å². The van der Waals surface area contributed by atoms with Crippen LogP contribution in [-0.2, 0) is 16.1 Å². The Morgan fingerprint density at radius 3 is 1.67 bits per heavy atom. The van der Waals surface area contributed by atoms with Crippen molar-refractivity contribution in [3.05, 3.63) is 34.4 Å². The number of aliphatic hydroxyl groups excluding tert-OH is 1. The third kappa shape index (κ3) is 3.16. The molecule has 2 heterocycles. The van der Waals surface area contributed by atoms with Gasteiger partial charge in [-0.2, -0.15) is 0 Å². The number of hydrogen-bond donors (Lipinski definition) is 1. The molecular weight excluding hydrogens is 336 g/mol. The molecular formula is C24H38O3. The monoisotopic (exact) mass is 374 g/mol. The lowest BCUT2D eigenvalue weighted by molar-refractivity contribution is -0.257. The standard InChI is InChI=1S/C24H38O3/c1-13(2)19-23(6,7)21(26-19)17-11-16(12-25)18(10-15(17)5)22-24(8,9)20(27-22)14(3)4/h10-11,13-14,19-22,25H,12H2,1-9H3. The van der Waals surface area contributed by atoms with Crippen LogP contribution in [0.4, 0.5) is 0 Å². The van der Waals surface area contributed by atoms with E-state index in [1.54, 1.807) is 0 Å². The molecule has 1 N–H and O–H groups in total. The van der Waals surface area contributed by atoms with Crippen molar-refractivity contribution in [2.45, 2.75) is 93.3 Å². The van der Waals surface area contributed by atoms with Gasteiger partial charge in [0.05, 0.1) is 31.0 Å². The average Bonchev–Trinajstić information content (AvgIpc) is 2.54. The van der Waals surface area contributed by atoms with Crippen molar-refractivity contribution in [3.63, 3.8) is 0 Å². The van der Waals surface area contributed by atoms with E-state index in [9.17, 15) is 5.11 Å². The van der Waals surface area contributed by atoms with Crippen molar-refractivity contribution < 1.29 is 14.6 Å². The Labute approximate surface area is 165 Å². The number of rotatable bonds is 5. The molecule has 0 radical (unpaired) electrons. The molecule has 2 aliphatic heterocycles. The van der Waals surface area contributed by atoms with Crippen LogP contribution in [0.25, 0.3) is 0 Å². The highest BCUT2D eigenvalue weighted by Crippen LogP contribution is 2.57. The molecule has 3 heteroatoms. The predicted octanol–water partition coefficient (Wildman–Crippen LogP) is 5.73. The van der Waals surface area contributed by atoms with E-state index in [4.69, 9.17) is 9.47 Å². The molecule has 0 aromatic heterocycles. The molecule has 1 aromatic carbocycles. The van der Waals surface area contributed by atoms with E-state index in [0.29, 0.717) is 11.8 Å². The van der Waals surface area contributed by atoms with E-state index in [1.807, 2.05) is 0 Å². The van der Waals surface area contributed by atoms with Crippen molar-refractivity contribution >= 4 is 0 Å². The minimum absolute atomic E-state index is 0.0334. The Morgan fingerprint density at radius 1 is 0.852 bits per heavy atom. The minimum atomic E-state index is 0.0334. The maximum absolute atomic E-state index is 10.1. The van der Waals surface area contributed by atoms with Gasteiger partial charge in [-0.3, -0.25) is 0 Å². The summed E-state index contributed by atoms with van der Waals surface area (Å²) < 4.78 is 12.6. The zero-order valence-electron chi connectivity index (χ0n) is 18.6. The van der Waals surface area contributed by atoms with Gasteiger partial charge < -0.3 is 14.6 Å². The number of aryl methyl sites for hydroxylation is 1. The zero-order valence-corrected chi connectivity index (χ0v) is 18.6. The summed E-state index contributed by atoms with van der Waals surface area (Å²) in [5, 5.41) is 10.1. The first-order chi connectivity index (χ1) is 12.4. The van der Waals surface area contributed by atoms with Crippen LogP contribution in [0.3, 0.4) is 0 Å². The Hall–Kier alpha value is -0.900. The second kappa shape index (κ2) is 6.86. The average molecular weight is 375 g/mol. The molecule has 2 fully saturated rings. The molecule has 0 saturated carbocycles. The molecule has 0 bridgehead atoms. The van der Waals surface area contributed by atoms with Gasteiger partial charge in [-0.1, -0.05) is 67.5 Å². The zero-order chi connectivity index (χ0) is 20.3. The fourth-order valence-electron chi connectivity index (χ4n) is 5.59. The van der Waals surface area contributed by atoms with E-state index in [-0.39, 0.29) is 41.9 Å². The van der Waals surface area contributed by atoms with Crippen LogP contribution in [0, 0.1) is 29.6 Å². The lowest BCUT2D eigenvalue weighted by Crippen LogP contribution is -2.53. The first kappa shape index (κ1) is 20.8. The fourth-order valence-corrected chi connectivity index (χ4v) is 5.59. The Morgan fingerprint density at radius 2 is 1.30 bits per heavy atom. The van der Waals surface area contributed by atoms with Gasteiger partial charge in [0.25, 0.3) is 0 Å². The van der Waals surface area contributed by atoms with Crippen molar-refractivity contribution in [2.75, 3.05) is 0 Å². The largest absolute Gasteiger partial charge is 0.392 e. The summed E-state index contributed by atoms with van der Waals surface area (Å²) in [4.78, 5) is 0. The summed E-state index contributed by atoms with van der Waals surface area (Å²) in [6.45, 7) is 20.2. The smallest absolute Gasteiger partial charge is 0.0908 e. The molecule has 0 amide bonds. The summed E-state index contributed by atoms with van der Waals surface area (Å²) in [6, 6.07) is 4.39. The lowest BCUT2D eigenvalue weighted by atomic mass is 9.66. The van der Waals surface area contributed by atoms with E-state index in [0.717, 1.165) is 11.1 Å². The second-order valence-electron chi connectivity index (χ2n) is 10.6. The molecule has 1 aromatic rings. The Kier molecular flexibility index (Phi) is 5.29. The van der Waals surface area contributed by atoms with Gasteiger partial charge in [0.15, 0.2) is 0 Å². The van der Waals surface area contributed by atoms with Crippen molar-refractivity contribution in [2.24, 2.45) is 22.7 Å². The summed E-state index contributed by atoms with van der Waals surface area (Å²) >= 11 is 0. The third-order valence-corrected chi connectivity index (χ3v) is 6.86. The van der Waals surface area contributed by atoms with Crippen LogP contribution < -0.4 is 0 Å². The molecule has 4 atom stereocenters. The Bertz CT molecular complexity index is 702. The van der Waals surface area contributed by atoms with Gasteiger partial charge in [0, 0.05) is 10.8 Å². The molecule has 152 valence electrons. The van der Waals surface area contributed by atoms with Crippen molar-refractivity contribution in [1.82, 2.24) is 0 Å². The molecule has 0 spiro atoms. The third-order valence-electron chi connectivity index (χ3n) is 6.86. The first-order valence-corrected chi connectivity index (χ1v) is 10.5. The molecule has 27 heavy (non-hydrogen) atoms. The van der Waals surface area contributed by atoms with Gasteiger partial charge in [-0.25, -0.2) is 0 Å². The van der Waals surface area contributed by atoms with Crippen LogP contribution in [0.2, 0.25) is 0 Å². The summed E-state index contributed by atoms with van der Waals surface area (Å²) in [6.07, 6.45) is 0.663. The quantitative estimate of drug-likeness (QED) is 0.715. The lowest BCUT2D eigenvalue weighted by Gasteiger charge is -2.55. The molecule has 3 rings (SSSR count). The topological polar surface area (TPSA) is 38.7 Å². The van der Waals surface area contributed by atoms with E-state index >= 15 is 0 Å². The van der Waals surface area contributed by atoms with Crippen molar-refractivity contribution in [1.29, 1.82) is 0 Å². The van der Waals surface area contributed by atoms with Crippen LogP contribution in [-0.4, -0.2) is 17.3 Å². The number of benzene rings is 1. The van der Waals surface area contributed by atoms with E-state index in [1.165, 1.54) is 11.1 Å². The van der Waals surface area contributed by atoms with Crippen LogP contribution in [0.5, 0.6) is 0 Å². The highest BCUT2D eigenvalue weighted by atomic mass is 16.5. The summed E-state index contributed by atoms with van der Waals surface area (Å²) in [5.41, 5.74) is 4.72. The minimum Gasteiger partial charge on any atom is -0.392 e. The van der Waals surface area contributed by atoms with Crippen molar-refractivity contribution in [3.8, 4) is 0 Å². The van der Waals surface area contributed by atoms with E-state index in [2.05, 4.69) is 74.4 Å². The maximum Gasteiger partial charge on any atom is 0.0908 e. The summed E-state index contributed by atoms with van der Waals surface area (Å²) in [5.74, 6) is 0.997. The number of aliphatic hydroxyl groups is 1. The first-order valence-electron chi connectivity index (χ1n) is 10.5. The Balaban J connectivity index is 1.92.